The highest BCUT2D eigenvalue weighted by atomic mass is 16.2. The van der Waals surface area contributed by atoms with Crippen molar-refractivity contribution in [2.24, 2.45) is 0 Å². The summed E-state index contributed by atoms with van der Waals surface area (Å²) in [6.07, 6.45) is 0.351. The molecule has 4 N–H and O–H groups in total. The third-order valence-corrected chi connectivity index (χ3v) is 1.40. The fourth-order valence-corrected chi connectivity index (χ4v) is 0.871. The van der Waals surface area contributed by atoms with Crippen LogP contribution in [-0.2, 0) is 4.79 Å². The highest BCUT2D eigenvalue weighted by Crippen LogP contribution is 2.07. The van der Waals surface area contributed by atoms with Crippen LogP contribution in [0.5, 0.6) is 0 Å². The van der Waals surface area contributed by atoms with E-state index in [-0.39, 0.29) is 11.5 Å². The van der Waals surface area contributed by atoms with Gasteiger partial charge in [-0.2, -0.15) is 0 Å². The number of amides is 1. The predicted octanol–water partition coefficient (Wildman–Crippen LogP) is -1.33. The van der Waals surface area contributed by atoms with Crippen molar-refractivity contribution in [2.75, 3.05) is 17.7 Å². The van der Waals surface area contributed by atoms with Gasteiger partial charge in [0, 0.05) is 7.05 Å². The van der Waals surface area contributed by atoms with E-state index in [1.54, 1.807) is 0 Å². The maximum atomic E-state index is 11.1. The number of hydrogen-bond acceptors (Lipinski definition) is 4. The standard InChI is InChI=1S/C6H8N4O3/c1-7-4-3(8-2-11)5(12)10-6(13)9-4/h2H,1H3,(H,8,11)(H3,7,9,10,12,13). The van der Waals surface area contributed by atoms with E-state index in [2.05, 4.69) is 15.6 Å². The zero-order valence-corrected chi connectivity index (χ0v) is 6.80. The lowest BCUT2D eigenvalue weighted by molar-refractivity contribution is -0.105. The second-order valence-electron chi connectivity index (χ2n) is 2.17. The first kappa shape index (κ1) is 9.04. The van der Waals surface area contributed by atoms with Crippen LogP contribution in [-0.4, -0.2) is 23.4 Å². The summed E-state index contributed by atoms with van der Waals surface area (Å²) in [5, 5.41) is 4.73. The molecule has 0 aliphatic carbocycles. The van der Waals surface area contributed by atoms with Crippen molar-refractivity contribution in [1.29, 1.82) is 0 Å². The van der Waals surface area contributed by atoms with Gasteiger partial charge in [-0.1, -0.05) is 0 Å². The number of anilines is 2. The fraction of sp³-hybridized carbons (Fsp3) is 0.167. The Hall–Kier alpha value is -2.05. The van der Waals surface area contributed by atoms with Crippen molar-refractivity contribution in [3.05, 3.63) is 20.8 Å². The summed E-state index contributed by atoms with van der Waals surface area (Å²) in [4.78, 5) is 36.2. The van der Waals surface area contributed by atoms with E-state index in [1.807, 2.05) is 4.98 Å². The van der Waals surface area contributed by atoms with Gasteiger partial charge in [0.25, 0.3) is 5.56 Å². The molecule has 7 heteroatoms. The van der Waals surface area contributed by atoms with E-state index >= 15 is 0 Å². The third-order valence-electron chi connectivity index (χ3n) is 1.40. The number of aromatic nitrogens is 2. The molecule has 0 aliphatic heterocycles. The molecule has 1 heterocycles. The summed E-state index contributed by atoms with van der Waals surface area (Å²) in [5.41, 5.74) is -1.30. The molecule has 1 rings (SSSR count). The molecular formula is C6H8N4O3. The number of nitrogens with one attached hydrogen (secondary N) is 4. The van der Waals surface area contributed by atoms with Crippen molar-refractivity contribution >= 4 is 17.9 Å². The van der Waals surface area contributed by atoms with Gasteiger partial charge in [-0.25, -0.2) is 4.79 Å². The number of hydrogen-bond donors (Lipinski definition) is 4. The van der Waals surface area contributed by atoms with E-state index in [1.165, 1.54) is 7.05 Å². The molecule has 0 spiro atoms. The van der Waals surface area contributed by atoms with Crippen LogP contribution in [0.15, 0.2) is 9.59 Å². The highest BCUT2D eigenvalue weighted by molar-refractivity contribution is 5.77. The molecule has 0 saturated carbocycles. The zero-order valence-electron chi connectivity index (χ0n) is 6.80. The van der Waals surface area contributed by atoms with Crippen LogP contribution >= 0.6 is 0 Å². The minimum atomic E-state index is -0.653. The van der Waals surface area contributed by atoms with Crippen LogP contribution < -0.4 is 21.9 Å². The largest absolute Gasteiger partial charge is 0.373 e. The lowest BCUT2D eigenvalue weighted by atomic mass is 10.4. The lowest BCUT2D eigenvalue weighted by Crippen LogP contribution is -2.26. The summed E-state index contributed by atoms with van der Waals surface area (Å²) in [5.74, 6) is 0.167. The number of carbonyl (C=O) groups excluding carboxylic acids is 1. The molecule has 0 aliphatic rings. The minimum absolute atomic E-state index is 0.0166. The molecule has 0 radical (unpaired) electrons. The SMILES string of the molecule is CNc1[nH]c(=O)[nH]c(=O)c1NC=O. The molecule has 0 saturated heterocycles. The number of carbonyl (C=O) groups is 1. The van der Waals surface area contributed by atoms with Crippen molar-refractivity contribution < 1.29 is 4.79 Å². The first-order valence-corrected chi connectivity index (χ1v) is 3.43. The number of aromatic amines is 2. The van der Waals surface area contributed by atoms with Gasteiger partial charge in [0.2, 0.25) is 6.41 Å². The Bertz CT molecular complexity index is 419. The molecule has 7 nitrogen and oxygen atoms in total. The van der Waals surface area contributed by atoms with Gasteiger partial charge >= 0.3 is 5.69 Å². The van der Waals surface area contributed by atoms with Crippen molar-refractivity contribution in [2.45, 2.75) is 0 Å². The Morgan fingerprint density at radius 1 is 1.31 bits per heavy atom. The minimum Gasteiger partial charge on any atom is -0.373 e. The van der Waals surface area contributed by atoms with Crippen LogP contribution in [0.2, 0.25) is 0 Å². The smallest absolute Gasteiger partial charge is 0.327 e. The van der Waals surface area contributed by atoms with Crippen LogP contribution in [0.3, 0.4) is 0 Å². The monoisotopic (exact) mass is 184 g/mol. The van der Waals surface area contributed by atoms with Gasteiger partial charge < -0.3 is 10.6 Å². The van der Waals surface area contributed by atoms with Crippen LogP contribution in [0, 0.1) is 0 Å². The van der Waals surface area contributed by atoms with Gasteiger partial charge in [-0.3, -0.25) is 19.6 Å². The molecule has 0 unspecified atom stereocenters. The Morgan fingerprint density at radius 2 is 2.00 bits per heavy atom. The molecule has 1 amide bonds. The van der Waals surface area contributed by atoms with Crippen molar-refractivity contribution in [1.82, 2.24) is 9.97 Å². The summed E-state index contributed by atoms with van der Waals surface area (Å²) in [6, 6.07) is 0. The topological polar surface area (TPSA) is 107 Å². The molecule has 70 valence electrons. The number of rotatable bonds is 3. The molecule has 0 atom stereocenters. The molecular weight excluding hydrogens is 176 g/mol. The quantitative estimate of drug-likeness (QED) is 0.437. The van der Waals surface area contributed by atoms with E-state index in [0.717, 1.165) is 0 Å². The number of H-pyrrole nitrogens is 2. The molecule has 1 aromatic heterocycles. The highest BCUT2D eigenvalue weighted by Gasteiger charge is 2.05. The van der Waals surface area contributed by atoms with E-state index in [9.17, 15) is 14.4 Å². The Morgan fingerprint density at radius 3 is 2.54 bits per heavy atom. The second-order valence-corrected chi connectivity index (χ2v) is 2.17. The average Bonchev–Trinajstić information content (AvgIpc) is 2.09. The Kier molecular flexibility index (Phi) is 2.48. The van der Waals surface area contributed by atoms with E-state index < -0.39 is 11.2 Å². The van der Waals surface area contributed by atoms with Crippen LogP contribution in [0.25, 0.3) is 0 Å². The van der Waals surface area contributed by atoms with Crippen LogP contribution in [0.1, 0.15) is 0 Å². The second kappa shape index (κ2) is 3.57. The molecule has 1 aromatic rings. The summed E-state index contributed by atoms with van der Waals surface area (Å²) in [7, 11) is 1.51. The van der Waals surface area contributed by atoms with Gasteiger partial charge in [0.15, 0.2) is 0 Å². The van der Waals surface area contributed by atoms with E-state index in [4.69, 9.17) is 0 Å². The zero-order chi connectivity index (χ0) is 9.84. The van der Waals surface area contributed by atoms with Crippen molar-refractivity contribution in [3.63, 3.8) is 0 Å². The van der Waals surface area contributed by atoms with Crippen LogP contribution in [0.4, 0.5) is 11.5 Å². The van der Waals surface area contributed by atoms with Crippen molar-refractivity contribution in [3.8, 4) is 0 Å². The first-order chi connectivity index (χ1) is 6.19. The molecule has 0 bridgehead atoms. The predicted molar refractivity (Wildman–Crippen MR) is 46.9 cm³/mol. The molecule has 13 heavy (non-hydrogen) atoms. The summed E-state index contributed by atoms with van der Waals surface area (Å²) < 4.78 is 0. The van der Waals surface area contributed by atoms with Gasteiger partial charge in [-0.05, 0) is 0 Å². The van der Waals surface area contributed by atoms with Gasteiger partial charge in [0.1, 0.15) is 11.5 Å². The van der Waals surface area contributed by atoms with E-state index in [0.29, 0.717) is 6.41 Å². The Balaban J connectivity index is 3.38. The maximum absolute atomic E-state index is 11.1. The fourth-order valence-electron chi connectivity index (χ4n) is 0.871. The third kappa shape index (κ3) is 1.75. The van der Waals surface area contributed by atoms with Gasteiger partial charge in [0.05, 0.1) is 0 Å². The molecule has 0 fully saturated rings. The molecule has 0 aromatic carbocycles. The van der Waals surface area contributed by atoms with Gasteiger partial charge in [-0.15, -0.1) is 0 Å². The normalized spacial score (nSPS) is 9.31. The maximum Gasteiger partial charge on any atom is 0.327 e. The lowest BCUT2D eigenvalue weighted by Gasteiger charge is -2.04. The average molecular weight is 184 g/mol. The summed E-state index contributed by atoms with van der Waals surface area (Å²) in [6.45, 7) is 0. The first-order valence-electron chi connectivity index (χ1n) is 3.43. The summed E-state index contributed by atoms with van der Waals surface area (Å²) >= 11 is 0. The Labute approximate surface area is 72.2 Å².